The third-order valence-electron chi connectivity index (χ3n) is 5.17. The first-order valence-corrected chi connectivity index (χ1v) is 11.0. The number of nitrogens with one attached hydrogen (secondary N) is 4. The molecule has 0 saturated carbocycles. The number of rotatable bonds is 14. The Hall–Kier alpha value is -3.48. The highest BCUT2D eigenvalue weighted by Gasteiger charge is 2.32. The Labute approximate surface area is 197 Å². The highest BCUT2D eigenvalue weighted by molar-refractivity contribution is 5.94. The van der Waals surface area contributed by atoms with E-state index in [4.69, 9.17) is 11.5 Å². The summed E-state index contributed by atoms with van der Waals surface area (Å²) in [6, 6.07) is -4.42. The summed E-state index contributed by atoms with van der Waals surface area (Å²) < 4.78 is 0. The zero-order valence-electron chi connectivity index (χ0n) is 19.8. The molecule has 1 rings (SSSR count). The van der Waals surface area contributed by atoms with Gasteiger partial charge in [-0.2, -0.15) is 0 Å². The van der Waals surface area contributed by atoms with E-state index in [1.165, 1.54) is 12.5 Å². The predicted octanol–water partition coefficient (Wildman–Crippen LogP) is -1.60. The lowest BCUT2D eigenvalue weighted by atomic mass is 10.0. The average molecular weight is 482 g/mol. The summed E-state index contributed by atoms with van der Waals surface area (Å²) in [5.74, 6) is -4.56. The molecule has 13 nitrogen and oxygen atoms in total. The fourth-order valence-electron chi connectivity index (χ4n) is 2.99. The fourth-order valence-corrected chi connectivity index (χ4v) is 2.99. The summed E-state index contributed by atoms with van der Waals surface area (Å²) in [6.45, 7) is 6.82. The van der Waals surface area contributed by atoms with E-state index in [0.29, 0.717) is 5.69 Å². The maximum absolute atomic E-state index is 13.0. The largest absolute Gasteiger partial charge is 0.480 e. The molecule has 0 aliphatic carbocycles. The van der Waals surface area contributed by atoms with Crippen molar-refractivity contribution in [3.8, 4) is 0 Å². The van der Waals surface area contributed by atoms with Crippen LogP contribution in [-0.4, -0.2) is 68.8 Å². The van der Waals surface area contributed by atoms with Crippen molar-refractivity contribution in [3.63, 3.8) is 0 Å². The Kier molecular flexibility index (Phi) is 11.2. The van der Waals surface area contributed by atoms with Crippen LogP contribution in [0, 0.1) is 11.8 Å². The smallest absolute Gasteiger partial charge is 0.326 e. The maximum Gasteiger partial charge on any atom is 0.326 e. The lowest BCUT2D eigenvalue weighted by Crippen LogP contribution is -2.59. The summed E-state index contributed by atoms with van der Waals surface area (Å²) in [6.07, 6.45) is 2.52. The number of primary amides is 1. The van der Waals surface area contributed by atoms with Gasteiger partial charge in [0.25, 0.3) is 0 Å². The topological polar surface area (TPSA) is 222 Å². The predicted molar refractivity (Wildman–Crippen MR) is 122 cm³/mol. The van der Waals surface area contributed by atoms with Gasteiger partial charge >= 0.3 is 5.97 Å². The van der Waals surface area contributed by atoms with Crippen LogP contribution in [0.5, 0.6) is 0 Å². The van der Waals surface area contributed by atoms with Crippen LogP contribution in [0.3, 0.4) is 0 Å². The van der Waals surface area contributed by atoms with E-state index in [0.717, 1.165) is 0 Å². The zero-order chi connectivity index (χ0) is 26.0. The van der Waals surface area contributed by atoms with Gasteiger partial charge in [-0.15, -0.1) is 0 Å². The van der Waals surface area contributed by atoms with Crippen LogP contribution in [0.15, 0.2) is 12.5 Å². The number of nitrogens with zero attached hydrogens (tertiary/aromatic N) is 1. The lowest BCUT2D eigenvalue weighted by Gasteiger charge is -2.27. The van der Waals surface area contributed by atoms with Gasteiger partial charge in [-0.1, -0.05) is 27.7 Å². The van der Waals surface area contributed by atoms with Crippen molar-refractivity contribution in [2.24, 2.45) is 23.3 Å². The second-order valence-electron chi connectivity index (χ2n) is 8.75. The molecule has 4 unspecified atom stereocenters. The molecule has 1 heterocycles. The van der Waals surface area contributed by atoms with Crippen LogP contribution in [0.2, 0.25) is 0 Å². The number of carbonyl (C=O) groups excluding carboxylic acids is 4. The van der Waals surface area contributed by atoms with Gasteiger partial charge in [0.2, 0.25) is 23.6 Å². The van der Waals surface area contributed by atoms with Gasteiger partial charge in [-0.25, -0.2) is 9.78 Å². The standard InChI is InChI=1S/C21H35N7O6/c1-10(2)16(23)19(31)26-13(5-6-15(22)29)18(30)28-17(11(3)4)20(32)27-14(21(33)34)7-12-8-24-9-25-12/h8-11,13-14,16-17H,5-7,23H2,1-4H3,(H2,22,29)(H,24,25)(H,26,31)(H,27,32)(H,28,30)(H,33,34). The number of hydrogen-bond donors (Lipinski definition) is 7. The van der Waals surface area contributed by atoms with E-state index in [1.807, 2.05) is 0 Å². The third-order valence-corrected chi connectivity index (χ3v) is 5.17. The van der Waals surface area contributed by atoms with Crippen molar-refractivity contribution in [1.82, 2.24) is 25.9 Å². The van der Waals surface area contributed by atoms with E-state index >= 15 is 0 Å². The molecule has 9 N–H and O–H groups in total. The van der Waals surface area contributed by atoms with Gasteiger partial charge in [-0.05, 0) is 18.3 Å². The minimum atomic E-state index is -1.26. The van der Waals surface area contributed by atoms with Crippen LogP contribution in [0.1, 0.15) is 46.2 Å². The third kappa shape index (κ3) is 9.17. The number of carbonyl (C=O) groups is 5. The van der Waals surface area contributed by atoms with Crippen LogP contribution >= 0.6 is 0 Å². The number of aliphatic carboxylic acids is 1. The van der Waals surface area contributed by atoms with Crippen molar-refractivity contribution in [3.05, 3.63) is 18.2 Å². The Morgan fingerprint density at radius 3 is 2.06 bits per heavy atom. The van der Waals surface area contributed by atoms with Gasteiger partial charge in [0.15, 0.2) is 0 Å². The average Bonchev–Trinajstić information content (AvgIpc) is 3.25. The van der Waals surface area contributed by atoms with Gasteiger partial charge < -0.3 is 37.5 Å². The van der Waals surface area contributed by atoms with E-state index in [1.54, 1.807) is 27.7 Å². The Morgan fingerprint density at radius 2 is 1.59 bits per heavy atom. The molecular formula is C21H35N7O6. The summed E-state index contributed by atoms with van der Waals surface area (Å²) >= 11 is 0. The molecule has 0 fully saturated rings. The second-order valence-corrected chi connectivity index (χ2v) is 8.75. The molecule has 4 atom stereocenters. The number of aromatic amines is 1. The minimum absolute atomic E-state index is 0.0375. The highest BCUT2D eigenvalue weighted by atomic mass is 16.4. The normalized spacial score (nSPS) is 14.7. The molecule has 34 heavy (non-hydrogen) atoms. The molecule has 0 aliphatic heterocycles. The quantitative estimate of drug-likeness (QED) is 0.163. The summed E-state index contributed by atoms with van der Waals surface area (Å²) in [5, 5.41) is 17.0. The highest BCUT2D eigenvalue weighted by Crippen LogP contribution is 2.08. The molecule has 0 aliphatic rings. The van der Waals surface area contributed by atoms with E-state index in [9.17, 15) is 29.1 Å². The molecule has 0 bridgehead atoms. The first-order valence-electron chi connectivity index (χ1n) is 11.0. The number of hydrogen-bond acceptors (Lipinski definition) is 7. The fraction of sp³-hybridized carbons (Fsp3) is 0.619. The first-order chi connectivity index (χ1) is 15.8. The number of carboxylic acids is 1. The van der Waals surface area contributed by atoms with Crippen molar-refractivity contribution in [2.75, 3.05) is 0 Å². The van der Waals surface area contributed by atoms with Gasteiger partial charge in [0, 0.05) is 24.7 Å². The molecule has 4 amide bonds. The van der Waals surface area contributed by atoms with Crippen LogP contribution in [-0.2, 0) is 30.4 Å². The lowest BCUT2D eigenvalue weighted by molar-refractivity contribution is -0.142. The monoisotopic (exact) mass is 481 g/mol. The molecular weight excluding hydrogens is 446 g/mol. The number of nitrogens with two attached hydrogens (primary N) is 2. The molecule has 0 radical (unpaired) electrons. The molecule has 1 aromatic heterocycles. The van der Waals surface area contributed by atoms with E-state index in [-0.39, 0.29) is 25.2 Å². The number of aromatic nitrogens is 2. The molecule has 13 heteroatoms. The number of H-pyrrole nitrogens is 1. The number of imidazole rings is 1. The zero-order valence-corrected chi connectivity index (χ0v) is 19.8. The van der Waals surface area contributed by atoms with Crippen LogP contribution in [0.4, 0.5) is 0 Å². The summed E-state index contributed by atoms with van der Waals surface area (Å²) in [5.41, 5.74) is 11.5. The minimum Gasteiger partial charge on any atom is -0.480 e. The van der Waals surface area contributed by atoms with Gasteiger partial charge in [0.1, 0.15) is 18.1 Å². The summed E-state index contributed by atoms with van der Waals surface area (Å²) in [4.78, 5) is 67.7. The van der Waals surface area contributed by atoms with Crippen molar-refractivity contribution in [1.29, 1.82) is 0 Å². The molecule has 0 spiro atoms. The van der Waals surface area contributed by atoms with Crippen molar-refractivity contribution >= 4 is 29.6 Å². The van der Waals surface area contributed by atoms with Gasteiger partial charge in [-0.3, -0.25) is 19.2 Å². The number of amides is 4. The molecule has 0 aromatic carbocycles. The summed E-state index contributed by atoms with van der Waals surface area (Å²) in [7, 11) is 0. The molecule has 1 aromatic rings. The van der Waals surface area contributed by atoms with Gasteiger partial charge in [0.05, 0.1) is 12.4 Å². The molecule has 190 valence electrons. The SMILES string of the molecule is CC(C)C(N)C(=O)NC(CCC(N)=O)C(=O)NC(C(=O)NC(Cc1cnc[nH]1)C(=O)O)C(C)C. The van der Waals surface area contributed by atoms with Crippen LogP contribution < -0.4 is 27.4 Å². The molecule has 0 saturated heterocycles. The Morgan fingerprint density at radius 1 is 0.971 bits per heavy atom. The van der Waals surface area contributed by atoms with E-state index < -0.39 is 59.7 Å². The Bertz CT molecular complexity index is 856. The van der Waals surface area contributed by atoms with Crippen LogP contribution in [0.25, 0.3) is 0 Å². The van der Waals surface area contributed by atoms with Crippen molar-refractivity contribution < 1.29 is 29.1 Å². The first kappa shape index (κ1) is 28.6. The number of carboxylic acid groups (broad SMARTS) is 1. The van der Waals surface area contributed by atoms with E-state index in [2.05, 4.69) is 25.9 Å². The maximum atomic E-state index is 13.0. The van der Waals surface area contributed by atoms with Crippen molar-refractivity contribution in [2.45, 2.75) is 71.1 Å². The second kappa shape index (κ2) is 13.3. The Balaban J connectivity index is 2.96.